The minimum atomic E-state index is -3.54. The summed E-state index contributed by atoms with van der Waals surface area (Å²) in [7, 11) is -3.54. The third-order valence-corrected chi connectivity index (χ3v) is 5.84. The predicted octanol–water partition coefficient (Wildman–Crippen LogP) is 1.25. The van der Waals surface area contributed by atoms with Gasteiger partial charge in [0.2, 0.25) is 10.0 Å². The summed E-state index contributed by atoms with van der Waals surface area (Å²) >= 11 is 0. The van der Waals surface area contributed by atoms with Crippen LogP contribution in [0, 0.1) is 0 Å². The highest BCUT2D eigenvalue weighted by molar-refractivity contribution is 7.89. The van der Waals surface area contributed by atoms with E-state index in [1.165, 1.54) is 25.7 Å². The molecular formula is C14H20N4O3S. The number of fused-ring (bicyclic) bond motifs is 1. The van der Waals surface area contributed by atoms with Crippen LogP contribution >= 0.6 is 0 Å². The number of sulfonamides is 1. The van der Waals surface area contributed by atoms with Gasteiger partial charge in [-0.05, 0) is 38.8 Å². The van der Waals surface area contributed by atoms with Crippen molar-refractivity contribution in [3.05, 3.63) is 28.8 Å². The molecule has 7 nitrogen and oxygen atoms in total. The SMILES string of the molecule is CC(C)n1nc2ccc(S(=O)(=O)N3CCCCC3)cn2c1=O. The molecule has 0 aliphatic carbocycles. The highest BCUT2D eigenvalue weighted by Crippen LogP contribution is 2.20. The van der Waals surface area contributed by atoms with Gasteiger partial charge in [-0.1, -0.05) is 6.42 Å². The molecule has 3 heterocycles. The van der Waals surface area contributed by atoms with E-state index in [0.717, 1.165) is 19.3 Å². The maximum atomic E-state index is 12.7. The Morgan fingerprint density at radius 2 is 1.82 bits per heavy atom. The van der Waals surface area contributed by atoms with Gasteiger partial charge in [-0.2, -0.15) is 4.31 Å². The van der Waals surface area contributed by atoms with E-state index in [2.05, 4.69) is 5.10 Å². The van der Waals surface area contributed by atoms with Gasteiger partial charge in [0.15, 0.2) is 5.65 Å². The molecule has 1 aliphatic rings. The fourth-order valence-corrected chi connectivity index (χ4v) is 4.23. The number of nitrogens with zero attached hydrogens (tertiary/aromatic N) is 4. The molecule has 2 aromatic heterocycles. The van der Waals surface area contributed by atoms with E-state index in [-0.39, 0.29) is 16.6 Å². The van der Waals surface area contributed by atoms with Crippen molar-refractivity contribution in [2.24, 2.45) is 0 Å². The van der Waals surface area contributed by atoms with Crippen LogP contribution in [0.2, 0.25) is 0 Å². The Morgan fingerprint density at radius 1 is 1.14 bits per heavy atom. The summed E-state index contributed by atoms with van der Waals surface area (Å²) in [6, 6.07) is 3.03. The molecule has 1 saturated heterocycles. The number of hydrogen-bond acceptors (Lipinski definition) is 4. The van der Waals surface area contributed by atoms with Crippen LogP contribution in [0.3, 0.4) is 0 Å². The quantitative estimate of drug-likeness (QED) is 0.851. The zero-order valence-electron chi connectivity index (χ0n) is 12.8. The van der Waals surface area contributed by atoms with Gasteiger partial charge in [0, 0.05) is 19.3 Å². The molecule has 0 bridgehead atoms. The van der Waals surface area contributed by atoms with Gasteiger partial charge in [0.05, 0.1) is 10.9 Å². The van der Waals surface area contributed by atoms with Gasteiger partial charge < -0.3 is 0 Å². The van der Waals surface area contributed by atoms with E-state index < -0.39 is 10.0 Å². The van der Waals surface area contributed by atoms with Crippen LogP contribution < -0.4 is 5.69 Å². The van der Waals surface area contributed by atoms with E-state index in [9.17, 15) is 13.2 Å². The molecule has 0 amide bonds. The molecule has 0 unspecified atom stereocenters. The molecule has 1 aliphatic heterocycles. The number of rotatable bonds is 3. The van der Waals surface area contributed by atoms with Crippen molar-refractivity contribution in [3.8, 4) is 0 Å². The van der Waals surface area contributed by atoms with E-state index in [0.29, 0.717) is 18.7 Å². The minimum absolute atomic E-state index is 0.0745. The fourth-order valence-electron chi connectivity index (χ4n) is 2.71. The van der Waals surface area contributed by atoms with Crippen molar-refractivity contribution in [3.63, 3.8) is 0 Å². The van der Waals surface area contributed by atoms with Gasteiger partial charge in [0.25, 0.3) is 0 Å². The molecule has 22 heavy (non-hydrogen) atoms. The molecule has 8 heteroatoms. The Bertz CT molecular complexity index is 845. The van der Waals surface area contributed by atoms with Crippen molar-refractivity contribution < 1.29 is 8.42 Å². The molecule has 0 aromatic carbocycles. The lowest BCUT2D eigenvalue weighted by molar-refractivity contribution is 0.346. The summed E-state index contributed by atoms with van der Waals surface area (Å²) < 4.78 is 29.5. The third kappa shape index (κ3) is 2.46. The molecule has 0 atom stereocenters. The lowest BCUT2D eigenvalue weighted by Crippen LogP contribution is -2.35. The zero-order chi connectivity index (χ0) is 15.9. The number of piperidine rings is 1. The summed E-state index contributed by atoms with van der Waals surface area (Å²) in [5.41, 5.74) is 0.136. The summed E-state index contributed by atoms with van der Waals surface area (Å²) in [6.45, 7) is 4.81. The standard InChI is InChI=1S/C14H20N4O3S/c1-11(2)18-14(19)17-10-12(6-7-13(17)15-18)22(20,21)16-8-4-3-5-9-16/h6-7,10-11H,3-5,8-9H2,1-2H3. The van der Waals surface area contributed by atoms with E-state index >= 15 is 0 Å². The fraction of sp³-hybridized carbons (Fsp3) is 0.571. The first kappa shape index (κ1) is 15.2. The Morgan fingerprint density at radius 3 is 2.45 bits per heavy atom. The van der Waals surface area contributed by atoms with E-state index in [1.54, 1.807) is 6.07 Å². The average Bonchev–Trinajstić information content (AvgIpc) is 2.85. The third-order valence-electron chi connectivity index (χ3n) is 3.95. The molecule has 3 rings (SSSR count). The molecule has 2 aromatic rings. The molecule has 0 N–H and O–H groups in total. The van der Waals surface area contributed by atoms with Crippen molar-refractivity contribution in [2.75, 3.05) is 13.1 Å². The van der Waals surface area contributed by atoms with Crippen molar-refractivity contribution in [2.45, 2.75) is 44.0 Å². The van der Waals surface area contributed by atoms with Gasteiger partial charge in [-0.3, -0.25) is 0 Å². The smallest absolute Gasteiger partial charge is 0.249 e. The summed E-state index contributed by atoms with van der Waals surface area (Å²) in [6.07, 6.45) is 4.21. The average molecular weight is 324 g/mol. The van der Waals surface area contributed by atoms with Gasteiger partial charge in [-0.15, -0.1) is 5.10 Å². The largest absolute Gasteiger partial charge is 0.350 e. The van der Waals surface area contributed by atoms with E-state index in [4.69, 9.17) is 0 Å². The van der Waals surface area contributed by atoms with Crippen molar-refractivity contribution in [1.82, 2.24) is 18.5 Å². The van der Waals surface area contributed by atoms with Crippen molar-refractivity contribution in [1.29, 1.82) is 0 Å². The monoisotopic (exact) mass is 324 g/mol. The zero-order valence-corrected chi connectivity index (χ0v) is 13.6. The van der Waals surface area contributed by atoms with E-state index in [1.807, 2.05) is 13.8 Å². The molecule has 1 fully saturated rings. The van der Waals surface area contributed by atoms with Crippen LogP contribution in [-0.4, -0.2) is 40.0 Å². The highest BCUT2D eigenvalue weighted by Gasteiger charge is 2.26. The maximum absolute atomic E-state index is 12.7. The molecule has 0 saturated carbocycles. The topological polar surface area (TPSA) is 76.7 Å². The van der Waals surface area contributed by atoms with Crippen LogP contribution in [0.15, 0.2) is 28.0 Å². The van der Waals surface area contributed by atoms with Crippen LogP contribution in [-0.2, 0) is 10.0 Å². The Hall–Kier alpha value is -1.67. The van der Waals surface area contributed by atoms with Crippen LogP contribution in [0.1, 0.15) is 39.2 Å². The Balaban J connectivity index is 2.08. The van der Waals surface area contributed by atoms with Crippen LogP contribution in [0.4, 0.5) is 0 Å². The lowest BCUT2D eigenvalue weighted by atomic mass is 10.2. The first-order valence-electron chi connectivity index (χ1n) is 7.52. The van der Waals surface area contributed by atoms with Gasteiger partial charge in [-0.25, -0.2) is 22.3 Å². The molecule has 0 radical (unpaired) electrons. The first-order valence-corrected chi connectivity index (χ1v) is 8.96. The van der Waals surface area contributed by atoms with Crippen LogP contribution in [0.25, 0.3) is 5.65 Å². The second-order valence-electron chi connectivity index (χ2n) is 5.88. The summed E-state index contributed by atoms with van der Waals surface area (Å²) in [5.74, 6) is 0. The van der Waals surface area contributed by atoms with Crippen LogP contribution in [0.5, 0.6) is 0 Å². The summed E-state index contributed by atoms with van der Waals surface area (Å²) in [5, 5.41) is 4.21. The first-order chi connectivity index (χ1) is 10.4. The molecule has 0 spiro atoms. The number of aromatic nitrogens is 3. The number of pyridine rings is 1. The minimum Gasteiger partial charge on any atom is -0.249 e. The Kier molecular flexibility index (Phi) is 3.82. The Labute approximate surface area is 129 Å². The maximum Gasteiger partial charge on any atom is 0.350 e. The second-order valence-corrected chi connectivity index (χ2v) is 7.82. The van der Waals surface area contributed by atoms with Crippen molar-refractivity contribution >= 4 is 15.7 Å². The number of hydrogen-bond donors (Lipinski definition) is 0. The molecular weight excluding hydrogens is 304 g/mol. The predicted molar refractivity (Wildman–Crippen MR) is 82.4 cm³/mol. The molecule has 120 valence electrons. The summed E-state index contributed by atoms with van der Waals surface area (Å²) in [4.78, 5) is 12.4. The highest BCUT2D eigenvalue weighted by atomic mass is 32.2. The normalized spacial score (nSPS) is 17.4. The lowest BCUT2D eigenvalue weighted by Gasteiger charge is -2.25. The van der Waals surface area contributed by atoms with Gasteiger partial charge >= 0.3 is 5.69 Å². The van der Waals surface area contributed by atoms with Gasteiger partial charge in [0.1, 0.15) is 0 Å². The second kappa shape index (κ2) is 5.51.